The van der Waals surface area contributed by atoms with Gasteiger partial charge in [-0.15, -0.1) is 0 Å². The SMILES string of the molecule is CCC1(c2ccccc2)CC(O)=C(C2CC(c3ccc(-c4ccc(Br)cc4)cc3)Cc3ccccc32)C(=O)O1. The number of fused-ring (bicyclic) bond motifs is 1. The van der Waals surface area contributed by atoms with Gasteiger partial charge in [-0.3, -0.25) is 0 Å². The van der Waals surface area contributed by atoms with Crippen LogP contribution in [0.15, 0.2) is 119 Å². The van der Waals surface area contributed by atoms with Crippen molar-refractivity contribution in [3.8, 4) is 11.1 Å². The largest absolute Gasteiger partial charge is 0.512 e. The lowest BCUT2D eigenvalue weighted by atomic mass is 9.70. The van der Waals surface area contributed by atoms with Gasteiger partial charge in [0.1, 0.15) is 11.4 Å². The van der Waals surface area contributed by atoms with Crippen LogP contribution in [0.1, 0.15) is 60.3 Å². The zero-order valence-corrected chi connectivity index (χ0v) is 23.5. The maximum atomic E-state index is 13.7. The van der Waals surface area contributed by atoms with Crippen LogP contribution in [0.25, 0.3) is 11.1 Å². The van der Waals surface area contributed by atoms with Gasteiger partial charge in [-0.05, 0) is 70.7 Å². The average Bonchev–Trinajstić information content (AvgIpc) is 2.97. The van der Waals surface area contributed by atoms with Crippen LogP contribution < -0.4 is 0 Å². The van der Waals surface area contributed by atoms with Gasteiger partial charge in [0.05, 0.1) is 5.57 Å². The van der Waals surface area contributed by atoms with E-state index in [0.717, 1.165) is 28.4 Å². The molecule has 3 nitrogen and oxygen atoms in total. The summed E-state index contributed by atoms with van der Waals surface area (Å²) in [6.07, 6.45) is 2.53. The van der Waals surface area contributed by atoms with E-state index < -0.39 is 11.6 Å². The molecular weight excluding hydrogens is 548 g/mol. The Morgan fingerprint density at radius 1 is 0.872 bits per heavy atom. The second-order valence-corrected chi connectivity index (χ2v) is 11.6. The van der Waals surface area contributed by atoms with Crippen LogP contribution in [-0.4, -0.2) is 11.1 Å². The molecule has 0 radical (unpaired) electrons. The second kappa shape index (κ2) is 10.5. The van der Waals surface area contributed by atoms with Crippen molar-refractivity contribution in [2.24, 2.45) is 0 Å². The molecule has 1 N–H and O–H groups in total. The van der Waals surface area contributed by atoms with E-state index in [1.807, 2.05) is 43.3 Å². The Hall–Kier alpha value is -3.63. The van der Waals surface area contributed by atoms with Gasteiger partial charge >= 0.3 is 5.97 Å². The van der Waals surface area contributed by atoms with Gasteiger partial charge < -0.3 is 9.84 Å². The van der Waals surface area contributed by atoms with Crippen molar-refractivity contribution in [1.29, 1.82) is 0 Å². The number of carbonyl (C=O) groups is 1. The fourth-order valence-corrected chi connectivity index (χ4v) is 6.60. The minimum absolute atomic E-state index is 0.156. The van der Waals surface area contributed by atoms with Crippen molar-refractivity contribution in [2.45, 2.75) is 50.0 Å². The molecule has 0 aromatic heterocycles. The zero-order chi connectivity index (χ0) is 27.0. The minimum atomic E-state index is -0.845. The second-order valence-electron chi connectivity index (χ2n) is 10.7. The van der Waals surface area contributed by atoms with Crippen LogP contribution in [0.3, 0.4) is 0 Å². The number of cyclic esters (lactones) is 1. The lowest BCUT2D eigenvalue weighted by Crippen LogP contribution is -2.39. The molecule has 1 aliphatic carbocycles. The molecule has 3 unspecified atom stereocenters. The van der Waals surface area contributed by atoms with Crippen molar-refractivity contribution < 1.29 is 14.6 Å². The fraction of sp³-hybridized carbons (Fsp3) is 0.229. The Balaban J connectivity index is 1.34. The van der Waals surface area contributed by atoms with E-state index in [-0.39, 0.29) is 17.6 Å². The third kappa shape index (κ3) is 4.83. The molecule has 196 valence electrons. The summed E-state index contributed by atoms with van der Waals surface area (Å²) < 4.78 is 7.28. The maximum absolute atomic E-state index is 13.7. The molecule has 3 atom stereocenters. The Morgan fingerprint density at radius 3 is 2.18 bits per heavy atom. The Bertz CT molecular complexity index is 1520. The number of hydrogen-bond acceptors (Lipinski definition) is 3. The highest BCUT2D eigenvalue weighted by molar-refractivity contribution is 9.10. The van der Waals surface area contributed by atoms with Gasteiger partial charge in [-0.2, -0.15) is 0 Å². The smallest absolute Gasteiger partial charge is 0.338 e. The summed E-state index contributed by atoms with van der Waals surface area (Å²) in [7, 11) is 0. The van der Waals surface area contributed by atoms with Crippen LogP contribution in [0.2, 0.25) is 0 Å². The summed E-state index contributed by atoms with van der Waals surface area (Å²) in [5.74, 6) is -0.244. The lowest BCUT2D eigenvalue weighted by Gasteiger charge is -2.40. The number of esters is 1. The molecule has 39 heavy (non-hydrogen) atoms. The van der Waals surface area contributed by atoms with Crippen molar-refractivity contribution in [2.75, 3.05) is 0 Å². The van der Waals surface area contributed by atoms with Crippen LogP contribution in [0.4, 0.5) is 0 Å². The average molecular weight is 580 g/mol. The van der Waals surface area contributed by atoms with Crippen molar-refractivity contribution in [1.82, 2.24) is 0 Å². The molecule has 4 aromatic rings. The number of benzene rings is 4. The topological polar surface area (TPSA) is 46.5 Å². The third-order valence-corrected chi connectivity index (χ3v) is 9.00. The fourth-order valence-electron chi connectivity index (χ4n) is 6.34. The third-order valence-electron chi connectivity index (χ3n) is 8.47. The van der Waals surface area contributed by atoms with E-state index in [9.17, 15) is 9.90 Å². The van der Waals surface area contributed by atoms with Gasteiger partial charge in [0.15, 0.2) is 0 Å². The van der Waals surface area contributed by atoms with E-state index in [1.165, 1.54) is 22.3 Å². The van der Waals surface area contributed by atoms with Crippen molar-refractivity contribution in [3.63, 3.8) is 0 Å². The maximum Gasteiger partial charge on any atom is 0.338 e. The normalized spacial score (nSPS) is 22.8. The highest BCUT2D eigenvalue weighted by Crippen LogP contribution is 2.49. The lowest BCUT2D eigenvalue weighted by molar-refractivity contribution is -0.161. The van der Waals surface area contributed by atoms with Crippen molar-refractivity contribution in [3.05, 3.63) is 141 Å². The standard InChI is InChI=1S/C35H31BrO3/c1-2-35(28-9-4-3-5-10-28)22-32(37)33(34(38)39-35)31-21-27(20-26-8-6-7-11-30(26)31)25-14-12-23(13-15-25)24-16-18-29(36)19-17-24/h3-19,27,31,37H,2,20-22H2,1H3. The number of aliphatic hydroxyl groups is 1. The summed E-state index contributed by atoms with van der Waals surface area (Å²) in [5.41, 5.74) is 6.41. The van der Waals surface area contributed by atoms with Crippen LogP contribution >= 0.6 is 15.9 Å². The number of halogens is 1. The quantitative estimate of drug-likeness (QED) is 0.240. The first-order valence-electron chi connectivity index (χ1n) is 13.6. The van der Waals surface area contributed by atoms with E-state index in [4.69, 9.17) is 4.74 Å². The van der Waals surface area contributed by atoms with E-state index >= 15 is 0 Å². The Morgan fingerprint density at radius 2 is 1.51 bits per heavy atom. The Labute approximate surface area is 238 Å². The molecule has 0 fully saturated rings. The highest BCUT2D eigenvalue weighted by atomic mass is 79.9. The number of ether oxygens (including phenoxy) is 1. The molecule has 0 saturated heterocycles. The molecule has 4 aromatic carbocycles. The van der Waals surface area contributed by atoms with Gasteiger partial charge in [-0.1, -0.05) is 114 Å². The first-order chi connectivity index (χ1) is 19.0. The van der Waals surface area contributed by atoms with E-state index in [2.05, 4.69) is 82.7 Å². The highest BCUT2D eigenvalue weighted by Gasteiger charge is 2.45. The molecule has 0 saturated carbocycles. The monoisotopic (exact) mass is 578 g/mol. The van der Waals surface area contributed by atoms with Crippen molar-refractivity contribution >= 4 is 21.9 Å². The number of carbonyl (C=O) groups excluding carboxylic acids is 1. The summed E-state index contributed by atoms with van der Waals surface area (Å²) in [5, 5.41) is 11.5. The van der Waals surface area contributed by atoms with E-state index in [0.29, 0.717) is 18.4 Å². The van der Waals surface area contributed by atoms with Crippen LogP contribution in [0, 0.1) is 0 Å². The number of aliphatic hydroxyl groups excluding tert-OH is 1. The minimum Gasteiger partial charge on any atom is -0.512 e. The predicted octanol–water partition coefficient (Wildman–Crippen LogP) is 8.99. The van der Waals surface area contributed by atoms with Gasteiger partial charge in [0.2, 0.25) is 0 Å². The molecule has 4 heteroatoms. The molecule has 2 aliphatic rings. The predicted molar refractivity (Wildman–Crippen MR) is 159 cm³/mol. The summed E-state index contributed by atoms with van der Waals surface area (Å²) in [6, 6.07) is 35.2. The summed E-state index contributed by atoms with van der Waals surface area (Å²) >= 11 is 3.51. The molecule has 1 aliphatic heterocycles. The zero-order valence-electron chi connectivity index (χ0n) is 21.9. The number of hydrogen-bond donors (Lipinski definition) is 1. The molecule has 0 bridgehead atoms. The number of rotatable bonds is 5. The van der Waals surface area contributed by atoms with Crippen LogP contribution in [0.5, 0.6) is 0 Å². The van der Waals surface area contributed by atoms with Gasteiger partial charge in [-0.25, -0.2) is 4.79 Å². The first kappa shape index (κ1) is 25.6. The van der Waals surface area contributed by atoms with Gasteiger partial charge in [0.25, 0.3) is 0 Å². The first-order valence-corrected chi connectivity index (χ1v) is 14.4. The summed E-state index contributed by atoms with van der Waals surface area (Å²) in [4.78, 5) is 13.7. The molecule has 6 rings (SSSR count). The van der Waals surface area contributed by atoms with Gasteiger partial charge in [0, 0.05) is 16.8 Å². The molecule has 0 amide bonds. The molecule has 1 heterocycles. The summed E-state index contributed by atoms with van der Waals surface area (Å²) in [6.45, 7) is 2.00. The Kier molecular flexibility index (Phi) is 6.90. The molecular formula is C35H31BrO3. The van der Waals surface area contributed by atoms with E-state index in [1.54, 1.807) is 0 Å². The van der Waals surface area contributed by atoms with Crippen LogP contribution in [-0.2, 0) is 21.6 Å². The molecule has 0 spiro atoms.